The summed E-state index contributed by atoms with van der Waals surface area (Å²) in [6, 6.07) is 6.62. The first-order valence-corrected chi connectivity index (χ1v) is 8.87. The highest BCUT2D eigenvalue weighted by atomic mass is 16.1. The van der Waals surface area contributed by atoms with E-state index in [4.69, 9.17) is 4.99 Å². The van der Waals surface area contributed by atoms with E-state index in [0.29, 0.717) is 18.3 Å². The van der Waals surface area contributed by atoms with Crippen LogP contribution in [0.15, 0.2) is 41.0 Å². The van der Waals surface area contributed by atoms with Crippen molar-refractivity contribution in [1.29, 1.82) is 0 Å². The molecule has 0 bridgehead atoms. The summed E-state index contributed by atoms with van der Waals surface area (Å²) >= 11 is 0. The van der Waals surface area contributed by atoms with E-state index in [2.05, 4.69) is 36.5 Å². The molecule has 2 aliphatic rings. The van der Waals surface area contributed by atoms with E-state index in [9.17, 15) is 4.79 Å². The van der Waals surface area contributed by atoms with Crippen LogP contribution >= 0.6 is 0 Å². The number of aldehydes is 1. The van der Waals surface area contributed by atoms with Gasteiger partial charge in [-0.05, 0) is 68.5 Å². The molecule has 1 aliphatic heterocycles. The van der Waals surface area contributed by atoms with Crippen LogP contribution in [0.5, 0.6) is 0 Å². The number of nitrogens with zero attached hydrogens (tertiary/aromatic N) is 1. The molecule has 0 saturated carbocycles. The maximum atomic E-state index is 11.6. The number of aliphatic imine (C=N–C) groups is 1. The predicted molar refractivity (Wildman–Crippen MR) is 100 cm³/mol. The molecule has 1 unspecified atom stereocenters. The highest BCUT2D eigenvalue weighted by Crippen LogP contribution is 2.39. The molecule has 0 aromatic heterocycles. The predicted octanol–water partition coefficient (Wildman–Crippen LogP) is 4.04. The van der Waals surface area contributed by atoms with Crippen LogP contribution in [0.3, 0.4) is 0 Å². The monoisotopic (exact) mass is 322 g/mol. The zero-order chi connectivity index (χ0) is 16.9. The molecule has 1 aromatic carbocycles. The molecule has 126 valence electrons. The number of nitrogens with one attached hydrogen (secondary N) is 1. The molecule has 1 fully saturated rings. The molecule has 3 nitrogen and oxygen atoms in total. The number of carbonyl (C=O) groups is 1. The summed E-state index contributed by atoms with van der Waals surface area (Å²) in [4.78, 5) is 16.3. The Hall–Kier alpha value is -2.00. The number of hydrogen-bond donors (Lipinski definition) is 1. The van der Waals surface area contributed by atoms with Gasteiger partial charge in [-0.2, -0.15) is 0 Å². The van der Waals surface area contributed by atoms with E-state index in [1.165, 1.54) is 16.7 Å². The molecule has 1 aliphatic carbocycles. The molecule has 1 saturated heterocycles. The summed E-state index contributed by atoms with van der Waals surface area (Å²) in [6.45, 7) is 6.21. The molecule has 1 N–H and O–H groups in total. The first-order valence-electron chi connectivity index (χ1n) is 8.87. The third-order valence-electron chi connectivity index (χ3n) is 5.06. The second kappa shape index (κ2) is 7.71. The molecule has 0 spiro atoms. The van der Waals surface area contributed by atoms with Gasteiger partial charge in [0.2, 0.25) is 0 Å². The van der Waals surface area contributed by atoms with Gasteiger partial charge in [-0.15, -0.1) is 0 Å². The van der Waals surface area contributed by atoms with Crippen molar-refractivity contribution in [1.82, 2.24) is 5.32 Å². The van der Waals surface area contributed by atoms with E-state index in [1.807, 2.05) is 19.2 Å². The van der Waals surface area contributed by atoms with Gasteiger partial charge >= 0.3 is 0 Å². The van der Waals surface area contributed by atoms with Gasteiger partial charge in [-0.3, -0.25) is 9.79 Å². The van der Waals surface area contributed by atoms with Crippen LogP contribution in [-0.4, -0.2) is 25.1 Å². The van der Waals surface area contributed by atoms with Crippen molar-refractivity contribution in [2.24, 2.45) is 10.9 Å². The van der Waals surface area contributed by atoms with Crippen molar-refractivity contribution in [3.05, 3.63) is 52.7 Å². The van der Waals surface area contributed by atoms with E-state index in [-0.39, 0.29) is 0 Å². The van der Waals surface area contributed by atoms with Crippen molar-refractivity contribution in [3.8, 4) is 0 Å². The highest BCUT2D eigenvalue weighted by molar-refractivity contribution is 6.01. The topological polar surface area (TPSA) is 41.5 Å². The standard InChI is InChI=1S/C21H26N2O/c1-3-8-23-20-13-16(14-24)12-18-11-15(2)4-5-19(18)21(20)17-6-9-22-10-7-17/h3-5,8,11-12,14,17,21-22H,6-7,9-10,13H2,1-2H3/b8-3-,23-20?. The van der Waals surface area contributed by atoms with Crippen molar-refractivity contribution in [2.45, 2.75) is 39.0 Å². The Morgan fingerprint density at radius 2 is 2.04 bits per heavy atom. The SMILES string of the molecule is C/C=C\N=C1CC(C=O)=Cc2cc(C)ccc2C1C1CCNCC1. The van der Waals surface area contributed by atoms with Gasteiger partial charge in [0, 0.05) is 24.3 Å². The lowest BCUT2D eigenvalue weighted by Crippen LogP contribution is -2.33. The van der Waals surface area contributed by atoms with Crippen LogP contribution < -0.4 is 5.32 Å². The largest absolute Gasteiger partial charge is 0.317 e. The fourth-order valence-corrected chi connectivity index (χ4v) is 3.93. The first-order chi connectivity index (χ1) is 11.7. The molecule has 1 aromatic rings. The molecule has 24 heavy (non-hydrogen) atoms. The normalized spacial score (nSPS) is 23.8. The quantitative estimate of drug-likeness (QED) is 0.853. The lowest BCUT2D eigenvalue weighted by Gasteiger charge is -2.32. The Morgan fingerprint density at radius 3 is 2.75 bits per heavy atom. The Labute approximate surface area is 144 Å². The lowest BCUT2D eigenvalue weighted by molar-refractivity contribution is -0.104. The number of aryl methyl sites for hydroxylation is 1. The minimum atomic E-state index is 0.299. The molecular weight excluding hydrogens is 296 g/mol. The van der Waals surface area contributed by atoms with Gasteiger partial charge < -0.3 is 5.32 Å². The lowest BCUT2D eigenvalue weighted by atomic mass is 9.76. The van der Waals surface area contributed by atoms with Gasteiger partial charge in [0.1, 0.15) is 6.29 Å². The van der Waals surface area contributed by atoms with E-state index in [0.717, 1.165) is 43.5 Å². The Morgan fingerprint density at radius 1 is 1.25 bits per heavy atom. The Balaban J connectivity index is 2.13. The second-order valence-electron chi connectivity index (χ2n) is 6.81. The van der Waals surface area contributed by atoms with Gasteiger partial charge in [-0.1, -0.05) is 29.8 Å². The van der Waals surface area contributed by atoms with E-state index < -0.39 is 0 Å². The fourth-order valence-electron chi connectivity index (χ4n) is 3.93. The number of hydrogen-bond acceptors (Lipinski definition) is 3. The Kier molecular flexibility index (Phi) is 5.41. The van der Waals surface area contributed by atoms with Crippen molar-refractivity contribution in [2.75, 3.05) is 13.1 Å². The maximum absolute atomic E-state index is 11.6. The molecule has 1 atom stereocenters. The third-order valence-corrected chi connectivity index (χ3v) is 5.06. The average Bonchev–Trinajstić information content (AvgIpc) is 2.76. The summed E-state index contributed by atoms with van der Waals surface area (Å²) in [5.41, 5.74) is 5.69. The van der Waals surface area contributed by atoms with Crippen LogP contribution in [0.25, 0.3) is 6.08 Å². The highest BCUT2D eigenvalue weighted by Gasteiger charge is 2.32. The number of fused-ring (bicyclic) bond motifs is 1. The summed E-state index contributed by atoms with van der Waals surface area (Å²) in [5.74, 6) is 0.878. The fraction of sp³-hybridized carbons (Fsp3) is 0.429. The van der Waals surface area contributed by atoms with Crippen LogP contribution in [-0.2, 0) is 4.79 Å². The molecule has 3 heteroatoms. The first kappa shape index (κ1) is 16.8. The zero-order valence-electron chi connectivity index (χ0n) is 14.6. The second-order valence-corrected chi connectivity index (χ2v) is 6.81. The zero-order valence-corrected chi connectivity index (χ0v) is 14.6. The van der Waals surface area contributed by atoms with Crippen molar-refractivity contribution >= 4 is 18.1 Å². The minimum Gasteiger partial charge on any atom is -0.317 e. The molecule has 0 amide bonds. The van der Waals surface area contributed by atoms with Gasteiger partial charge in [-0.25, -0.2) is 0 Å². The van der Waals surface area contributed by atoms with Gasteiger partial charge in [0.15, 0.2) is 0 Å². The summed E-state index contributed by atoms with van der Waals surface area (Å²) in [5, 5.41) is 3.46. The third kappa shape index (κ3) is 3.57. The molecule has 3 rings (SSSR count). The van der Waals surface area contributed by atoms with E-state index >= 15 is 0 Å². The van der Waals surface area contributed by atoms with E-state index in [1.54, 1.807) is 0 Å². The van der Waals surface area contributed by atoms with Crippen molar-refractivity contribution in [3.63, 3.8) is 0 Å². The summed E-state index contributed by atoms with van der Waals surface area (Å²) in [6.07, 6.45) is 9.83. The smallest absolute Gasteiger partial charge is 0.146 e. The van der Waals surface area contributed by atoms with Crippen LogP contribution in [0, 0.1) is 12.8 Å². The van der Waals surface area contributed by atoms with Crippen LogP contribution in [0.2, 0.25) is 0 Å². The van der Waals surface area contributed by atoms with Crippen LogP contribution in [0.4, 0.5) is 0 Å². The maximum Gasteiger partial charge on any atom is 0.146 e. The molecule has 1 heterocycles. The average molecular weight is 322 g/mol. The summed E-state index contributed by atoms with van der Waals surface area (Å²) < 4.78 is 0. The number of piperidine rings is 1. The van der Waals surface area contributed by atoms with Crippen molar-refractivity contribution < 1.29 is 4.79 Å². The Bertz CT molecular complexity index is 694. The number of carbonyl (C=O) groups excluding carboxylic acids is 1. The minimum absolute atomic E-state index is 0.299. The number of allylic oxidation sites excluding steroid dienone is 2. The van der Waals surface area contributed by atoms with Gasteiger partial charge in [0.05, 0.1) is 0 Å². The molecule has 0 radical (unpaired) electrons. The van der Waals surface area contributed by atoms with Crippen LogP contribution in [0.1, 0.15) is 48.8 Å². The molecular formula is C21H26N2O. The van der Waals surface area contributed by atoms with Gasteiger partial charge in [0.25, 0.3) is 0 Å². The number of rotatable bonds is 3. The summed E-state index contributed by atoms with van der Waals surface area (Å²) in [7, 11) is 0. The number of benzene rings is 1.